The van der Waals surface area contributed by atoms with E-state index in [1.807, 2.05) is 19.1 Å². The number of hydrogen-bond donors (Lipinski definition) is 3. The van der Waals surface area contributed by atoms with E-state index in [4.69, 9.17) is 0 Å². The van der Waals surface area contributed by atoms with Crippen molar-refractivity contribution in [2.24, 2.45) is 0 Å². The number of pyridine rings is 2. The van der Waals surface area contributed by atoms with E-state index in [2.05, 4.69) is 24.7 Å². The van der Waals surface area contributed by atoms with Crippen LogP contribution in [0, 0.1) is 6.92 Å². The van der Waals surface area contributed by atoms with Gasteiger partial charge in [-0.3, -0.25) is 9.97 Å². The van der Waals surface area contributed by atoms with E-state index in [1.54, 1.807) is 24.7 Å². The molecule has 1 saturated carbocycles. The Labute approximate surface area is 169 Å². The van der Waals surface area contributed by atoms with Gasteiger partial charge < -0.3 is 10.1 Å². The topological polar surface area (TPSA) is 121 Å². The molecule has 1 aliphatic carbocycles. The second kappa shape index (κ2) is 8.02. The zero-order valence-electron chi connectivity index (χ0n) is 16.0. The Hall–Kier alpha value is -2.62. The third kappa shape index (κ3) is 4.52. The summed E-state index contributed by atoms with van der Waals surface area (Å²) in [7, 11) is -3.70. The molecule has 0 saturated heterocycles. The molecule has 0 radical (unpaired) electrons. The van der Waals surface area contributed by atoms with Crippen molar-refractivity contribution in [1.82, 2.24) is 24.7 Å². The van der Waals surface area contributed by atoms with Gasteiger partial charge >= 0.3 is 0 Å². The number of aliphatic hydroxyl groups is 1. The van der Waals surface area contributed by atoms with Gasteiger partial charge in [-0.05, 0) is 56.4 Å². The Morgan fingerprint density at radius 1 is 1.14 bits per heavy atom. The van der Waals surface area contributed by atoms with Gasteiger partial charge in [0.05, 0.1) is 11.8 Å². The lowest BCUT2D eigenvalue weighted by Gasteiger charge is -2.25. The van der Waals surface area contributed by atoms with Crippen molar-refractivity contribution in [3.63, 3.8) is 0 Å². The molecule has 3 N–H and O–H groups in total. The average Bonchev–Trinajstić information content (AvgIpc) is 3.16. The normalized spacial score (nSPS) is 19.9. The van der Waals surface area contributed by atoms with Crippen molar-refractivity contribution >= 4 is 10.0 Å². The third-order valence-corrected chi connectivity index (χ3v) is 6.57. The minimum absolute atomic E-state index is 0.119. The molecule has 3 aromatic rings. The van der Waals surface area contributed by atoms with Crippen molar-refractivity contribution in [1.29, 1.82) is 0 Å². The Kier molecular flexibility index (Phi) is 5.44. The summed E-state index contributed by atoms with van der Waals surface area (Å²) in [4.78, 5) is 16.0. The van der Waals surface area contributed by atoms with E-state index in [0.717, 1.165) is 11.3 Å². The number of hydrogen-bond acceptors (Lipinski definition) is 6. The van der Waals surface area contributed by atoms with Gasteiger partial charge in [0.2, 0.25) is 10.0 Å². The van der Waals surface area contributed by atoms with E-state index in [-0.39, 0.29) is 17.0 Å². The highest BCUT2D eigenvalue weighted by atomic mass is 32.2. The number of nitrogens with zero attached hydrogens (tertiary/aromatic N) is 3. The van der Waals surface area contributed by atoms with Crippen molar-refractivity contribution < 1.29 is 13.5 Å². The Morgan fingerprint density at radius 2 is 1.93 bits per heavy atom. The number of H-pyrrole nitrogens is 1. The second-order valence-corrected chi connectivity index (χ2v) is 9.07. The molecular formula is C20H23N5O3S. The molecular weight excluding hydrogens is 390 g/mol. The van der Waals surface area contributed by atoms with Crippen LogP contribution in [0.1, 0.15) is 31.4 Å². The van der Waals surface area contributed by atoms with Crippen LogP contribution >= 0.6 is 0 Å². The van der Waals surface area contributed by atoms with E-state index >= 15 is 0 Å². The maximum Gasteiger partial charge on any atom is 0.242 e. The molecule has 0 atom stereocenters. The van der Waals surface area contributed by atoms with E-state index in [1.165, 1.54) is 6.20 Å². The van der Waals surface area contributed by atoms with Crippen molar-refractivity contribution in [2.45, 2.75) is 49.6 Å². The Morgan fingerprint density at radius 3 is 2.66 bits per heavy atom. The first-order chi connectivity index (χ1) is 13.9. The molecule has 4 rings (SSSR count). The monoisotopic (exact) mass is 413 g/mol. The zero-order chi connectivity index (χ0) is 20.4. The second-order valence-electron chi connectivity index (χ2n) is 7.36. The molecule has 0 unspecified atom stereocenters. The van der Waals surface area contributed by atoms with Crippen LogP contribution < -0.4 is 4.72 Å². The van der Waals surface area contributed by atoms with Crippen LogP contribution in [0.2, 0.25) is 0 Å². The SMILES string of the molecule is Cc1c[nH]c(-c2cc(-c3cncc(S(=O)(=O)NC4CCC(O)CC4)c3)ccn2)n1. The first kappa shape index (κ1) is 19.7. The molecule has 0 amide bonds. The molecule has 0 aliphatic heterocycles. The lowest BCUT2D eigenvalue weighted by Crippen LogP contribution is -2.38. The fourth-order valence-electron chi connectivity index (χ4n) is 3.49. The highest BCUT2D eigenvalue weighted by molar-refractivity contribution is 7.89. The molecule has 0 spiro atoms. The van der Waals surface area contributed by atoms with Gasteiger partial charge in [-0.15, -0.1) is 0 Å². The lowest BCUT2D eigenvalue weighted by atomic mass is 9.94. The van der Waals surface area contributed by atoms with Crippen LogP contribution in [0.4, 0.5) is 0 Å². The van der Waals surface area contributed by atoms with Crippen LogP contribution in [0.3, 0.4) is 0 Å². The quantitative estimate of drug-likeness (QED) is 0.591. The van der Waals surface area contributed by atoms with Crippen molar-refractivity contribution in [2.75, 3.05) is 0 Å². The summed E-state index contributed by atoms with van der Waals surface area (Å²) >= 11 is 0. The minimum Gasteiger partial charge on any atom is -0.393 e. The van der Waals surface area contributed by atoms with Crippen LogP contribution in [-0.4, -0.2) is 45.6 Å². The molecule has 8 nitrogen and oxygen atoms in total. The number of imidazole rings is 1. The fourth-order valence-corrected chi connectivity index (χ4v) is 4.78. The van der Waals surface area contributed by atoms with Gasteiger partial charge in [0.1, 0.15) is 10.6 Å². The van der Waals surface area contributed by atoms with Crippen LogP contribution in [0.5, 0.6) is 0 Å². The summed E-state index contributed by atoms with van der Waals surface area (Å²) in [5.74, 6) is 0.655. The highest BCUT2D eigenvalue weighted by Gasteiger charge is 2.25. The number of aromatic nitrogens is 4. The summed E-state index contributed by atoms with van der Waals surface area (Å²) in [6.45, 7) is 1.89. The summed E-state index contributed by atoms with van der Waals surface area (Å²) in [5.41, 5.74) is 3.01. The molecule has 29 heavy (non-hydrogen) atoms. The fraction of sp³-hybridized carbons (Fsp3) is 0.350. The molecule has 1 aliphatic rings. The number of sulfonamides is 1. The van der Waals surface area contributed by atoms with Crippen LogP contribution in [-0.2, 0) is 10.0 Å². The zero-order valence-corrected chi connectivity index (χ0v) is 16.9. The predicted octanol–water partition coefficient (Wildman–Crippen LogP) is 2.42. The summed E-state index contributed by atoms with van der Waals surface area (Å²) in [6, 6.07) is 5.10. The Balaban J connectivity index is 1.59. The van der Waals surface area contributed by atoms with Gasteiger partial charge in [-0.25, -0.2) is 18.1 Å². The van der Waals surface area contributed by atoms with Crippen LogP contribution in [0.15, 0.2) is 47.9 Å². The summed E-state index contributed by atoms with van der Waals surface area (Å²) in [5, 5.41) is 9.61. The first-order valence-electron chi connectivity index (χ1n) is 9.55. The van der Waals surface area contributed by atoms with E-state index in [9.17, 15) is 13.5 Å². The molecule has 0 bridgehead atoms. The smallest absolute Gasteiger partial charge is 0.242 e. The lowest BCUT2D eigenvalue weighted by molar-refractivity contribution is 0.120. The summed E-state index contributed by atoms with van der Waals surface area (Å²) in [6.07, 6.45) is 8.58. The van der Waals surface area contributed by atoms with Gasteiger partial charge in [0.25, 0.3) is 0 Å². The van der Waals surface area contributed by atoms with E-state index in [0.29, 0.717) is 42.8 Å². The molecule has 3 aromatic heterocycles. The van der Waals surface area contributed by atoms with Gasteiger partial charge in [-0.2, -0.15) is 0 Å². The number of rotatable bonds is 5. The number of aliphatic hydroxyl groups excluding tert-OH is 1. The maximum atomic E-state index is 12.8. The largest absolute Gasteiger partial charge is 0.393 e. The van der Waals surface area contributed by atoms with Gasteiger partial charge in [-0.1, -0.05) is 0 Å². The molecule has 9 heteroatoms. The first-order valence-corrected chi connectivity index (χ1v) is 11.0. The van der Waals surface area contributed by atoms with Crippen molar-refractivity contribution in [3.05, 3.63) is 48.7 Å². The molecule has 152 valence electrons. The Bertz CT molecular complexity index is 1100. The third-order valence-electron chi connectivity index (χ3n) is 5.08. The molecule has 3 heterocycles. The van der Waals surface area contributed by atoms with Crippen LogP contribution in [0.25, 0.3) is 22.6 Å². The number of aromatic amines is 1. The van der Waals surface area contributed by atoms with Gasteiger partial charge in [0.15, 0.2) is 5.82 Å². The maximum absolute atomic E-state index is 12.8. The predicted molar refractivity (Wildman–Crippen MR) is 108 cm³/mol. The summed E-state index contributed by atoms with van der Waals surface area (Å²) < 4.78 is 28.4. The molecule has 1 fully saturated rings. The van der Waals surface area contributed by atoms with Crippen molar-refractivity contribution in [3.8, 4) is 22.6 Å². The minimum atomic E-state index is -3.70. The van der Waals surface area contributed by atoms with E-state index < -0.39 is 10.0 Å². The number of nitrogens with one attached hydrogen (secondary N) is 2. The highest BCUT2D eigenvalue weighted by Crippen LogP contribution is 2.25. The average molecular weight is 414 g/mol. The number of aryl methyl sites for hydroxylation is 1. The van der Waals surface area contributed by atoms with Gasteiger partial charge in [0, 0.05) is 36.4 Å². The molecule has 0 aromatic carbocycles. The standard InChI is InChI=1S/C20H23N5O3S/c1-13-10-23-20(24-13)19-9-14(6-7-22-19)15-8-18(12-21-11-15)29(27,28)25-16-2-4-17(26)5-3-16/h6-12,16-17,25-26H,2-5H2,1H3,(H,23,24).